The van der Waals surface area contributed by atoms with Crippen molar-refractivity contribution in [2.24, 2.45) is 5.73 Å². The van der Waals surface area contributed by atoms with Crippen molar-refractivity contribution in [2.45, 2.75) is 31.2 Å². The van der Waals surface area contributed by atoms with Gasteiger partial charge in [-0.1, -0.05) is 12.7 Å². The molecule has 30 heavy (non-hydrogen) atoms. The second kappa shape index (κ2) is 7.27. The van der Waals surface area contributed by atoms with E-state index < -0.39 is 11.8 Å². The van der Waals surface area contributed by atoms with Gasteiger partial charge in [-0.05, 0) is 36.3 Å². The van der Waals surface area contributed by atoms with Crippen molar-refractivity contribution >= 4 is 34.0 Å². The van der Waals surface area contributed by atoms with Gasteiger partial charge in [0.1, 0.15) is 0 Å². The maximum atomic E-state index is 13.5. The van der Waals surface area contributed by atoms with Crippen molar-refractivity contribution in [3.05, 3.63) is 48.2 Å². The van der Waals surface area contributed by atoms with Crippen molar-refractivity contribution in [3.8, 4) is 0 Å². The summed E-state index contributed by atoms with van der Waals surface area (Å²) in [6, 6.07) is 5.53. The molecule has 0 atom stereocenters. The van der Waals surface area contributed by atoms with Crippen molar-refractivity contribution in [1.29, 1.82) is 0 Å². The van der Waals surface area contributed by atoms with E-state index in [4.69, 9.17) is 5.73 Å². The lowest BCUT2D eigenvalue weighted by atomic mass is 9.94. The highest BCUT2D eigenvalue weighted by Gasteiger charge is 2.34. The Kier molecular flexibility index (Phi) is 4.88. The molecule has 1 aliphatic carbocycles. The maximum Gasteiger partial charge on any atom is 0.251 e. The number of likely N-dealkylation sites (tertiary alicyclic amines) is 1. The predicted molar refractivity (Wildman–Crippen MR) is 113 cm³/mol. The first-order valence-electron chi connectivity index (χ1n) is 9.87. The van der Waals surface area contributed by atoms with Crippen molar-refractivity contribution in [1.82, 2.24) is 9.88 Å². The molecule has 0 bridgehead atoms. The molecular weight excluding hydrogens is 390 g/mol. The molecule has 4 rings (SSSR count). The Morgan fingerprint density at radius 2 is 2.10 bits per heavy atom. The number of primary amides is 1. The van der Waals surface area contributed by atoms with Gasteiger partial charge in [0.2, 0.25) is 5.91 Å². The van der Waals surface area contributed by atoms with Gasteiger partial charge in [-0.2, -0.15) is 0 Å². The molecule has 158 valence electrons. The van der Waals surface area contributed by atoms with Crippen molar-refractivity contribution < 1.29 is 18.4 Å². The Hall–Kier alpha value is -3.16. The van der Waals surface area contributed by atoms with Crippen LogP contribution in [0.3, 0.4) is 0 Å². The lowest BCUT2D eigenvalue weighted by molar-refractivity contribution is -0.130. The zero-order valence-electron chi connectivity index (χ0n) is 16.8. The minimum Gasteiger partial charge on any atom is -0.367 e. The van der Waals surface area contributed by atoms with Crippen LogP contribution in [0, 0.1) is 0 Å². The molecule has 1 aromatic heterocycles. The number of carbonyl (C=O) groups is 2. The first-order chi connectivity index (χ1) is 14.2. The monoisotopic (exact) mass is 414 g/mol. The number of rotatable bonds is 5. The average molecular weight is 414 g/mol. The average Bonchev–Trinajstić information content (AvgIpc) is 3.10. The van der Waals surface area contributed by atoms with Crippen LogP contribution in [0.5, 0.6) is 0 Å². The molecule has 2 heterocycles. The molecule has 2 amide bonds. The highest BCUT2D eigenvalue weighted by Crippen LogP contribution is 2.39. The lowest BCUT2D eigenvalue weighted by Gasteiger charge is -2.44. The molecule has 0 saturated carbocycles. The predicted octanol–water partition coefficient (Wildman–Crippen LogP) is 3.30. The van der Waals surface area contributed by atoms with E-state index in [1.807, 2.05) is 19.2 Å². The number of H-pyrrole nitrogens is 1. The molecule has 1 aliphatic heterocycles. The molecule has 2 aromatic rings. The van der Waals surface area contributed by atoms with Crippen LogP contribution >= 0.6 is 0 Å². The standard InChI is InChI=1S/C22H24F2N4O2/c1-3-19(29)28-11-14(12-28)27(2)18-5-4-15(21(25)30)20-16(18)10-17(26-20)13-6-8-22(23,24)9-7-13/h3-6,10,14,26H,1,7-9,11-12H2,2H3,(H2,25,30). The van der Waals surface area contributed by atoms with Gasteiger partial charge in [0.15, 0.2) is 0 Å². The molecular formula is C22H24F2N4O2. The summed E-state index contributed by atoms with van der Waals surface area (Å²) in [7, 11) is 1.94. The van der Waals surface area contributed by atoms with Crippen LogP contribution in [0.25, 0.3) is 16.5 Å². The number of aromatic amines is 1. The molecule has 1 saturated heterocycles. The maximum absolute atomic E-state index is 13.5. The van der Waals surface area contributed by atoms with E-state index in [1.165, 1.54) is 6.08 Å². The lowest BCUT2D eigenvalue weighted by Crippen LogP contribution is -2.60. The number of allylic oxidation sites excluding steroid dienone is 2. The molecule has 0 spiro atoms. The first-order valence-corrected chi connectivity index (χ1v) is 9.87. The van der Waals surface area contributed by atoms with E-state index in [-0.39, 0.29) is 31.2 Å². The number of carbonyl (C=O) groups excluding carboxylic acids is 2. The summed E-state index contributed by atoms with van der Waals surface area (Å²) in [6.45, 7) is 4.67. The summed E-state index contributed by atoms with van der Waals surface area (Å²) in [5, 5.41) is 0.801. The van der Waals surface area contributed by atoms with Crippen LogP contribution in [0.15, 0.2) is 36.9 Å². The van der Waals surface area contributed by atoms with Crippen LogP contribution in [-0.4, -0.2) is 53.8 Å². The first kappa shape index (κ1) is 20.1. The topological polar surface area (TPSA) is 82.4 Å². The minimum absolute atomic E-state index is 0.0983. The summed E-state index contributed by atoms with van der Waals surface area (Å²) < 4.78 is 27.1. The van der Waals surface area contributed by atoms with Gasteiger partial charge < -0.3 is 20.5 Å². The number of alkyl halides is 2. The number of halogens is 2. The molecule has 3 N–H and O–H groups in total. The highest BCUT2D eigenvalue weighted by atomic mass is 19.3. The molecule has 2 aliphatic rings. The summed E-state index contributed by atoms with van der Waals surface area (Å²) >= 11 is 0. The van der Waals surface area contributed by atoms with Gasteiger partial charge >= 0.3 is 0 Å². The molecule has 0 unspecified atom stereocenters. The largest absolute Gasteiger partial charge is 0.367 e. The summed E-state index contributed by atoms with van der Waals surface area (Å²) in [5.41, 5.74) is 8.92. The molecule has 6 nitrogen and oxygen atoms in total. The fraction of sp³-hybridized carbons (Fsp3) is 0.364. The normalized spacial score (nSPS) is 18.6. The number of benzene rings is 1. The van der Waals surface area contributed by atoms with Crippen LogP contribution in [0.1, 0.15) is 35.3 Å². The number of hydrogen-bond acceptors (Lipinski definition) is 3. The van der Waals surface area contributed by atoms with Crippen molar-refractivity contribution in [3.63, 3.8) is 0 Å². The summed E-state index contributed by atoms with van der Waals surface area (Å²) in [6.07, 6.45) is 2.64. The molecule has 1 aromatic carbocycles. The van der Waals surface area contributed by atoms with E-state index in [9.17, 15) is 18.4 Å². The fourth-order valence-electron chi connectivity index (χ4n) is 4.14. The molecule has 8 heteroatoms. The smallest absolute Gasteiger partial charge is 0.251 e. The SMILES string of the molecule is C=CC(=O)N1CC(N(C)c2ccc(C(N)=O)c3[nH]c(C4=CCC(F)(F)CC4)cc23)C1. The number of nitrogens with one attached hydrogen (secondary N) is 1. The fourth-order valence-corrected chi connectivity index (χ4v) is 4.14. The Morgan fingerprint density at radius 1 is 1.37 bits per heavy atom. The Balaban J connectivity index is 1.69. The Bertz CT molecular complexity index is 1070. The quantitative estimate of drug-likeness (QED) is 0.737. The van der Waals surface area contributed by atoms with Gasteiger partial charge in [0.25, 0.3) is 11.8 Å². The molecule has 0 radical (unpaired) electrons. The van der Waals surface area contributed by atoms with Crippen LogP contribution < -0.4 is 10.6 Å². The second-order valence-corrected chi connectivity index (χ2v) is 7.97. The van der Waals surface area contributed by atoms with Crippen LogP contribution in [0.4, 0.5) is 14.5 Å². The summed E-state index contributed by atoms with van der Waals surface area (Å²) in [5.74, 6) is -3.32. The van der Waals surface area contributed by atoms with Gasteiger partial charge in [0, 0.05) is 49.7 Å². The zero-order valence-corrected chi connectivity index (χ0v) is 16.8. The third-order valence-electron chi connectivity index (χ3n) is 6.07. The number of nitrogens with two attached hydrogens (primary N) is 1. The van der Waals surface area contributed by atoms with Crippen molar-refractivity contribution in [2.75, 3.05) is 25.0 Å². The number of fused-ring (bicyclic) bond motifs is 1. The number of aromatic nitrogens is 1. The number of likely N-dealkylation sites (N-methyl/N-ethyl adjacent to an activating group) is 1. The second-order valence-electron chi connectivity index (χ2n) is 7.97. The number of hydrogen-bond donors (Lipinski definition) is 2. The summed E-state index contributed by atoms with van der Waals surface area (Å²) in [4.78, 5) is 30.7. The van der Waals surface area contributed by atoms with E-state index in [0.29, 0.717) is 24.2 Å². The van der Waals surface area contributed by atoms with Gasteiger partial charge in [-0.15, -0.1) is 0 Å². The van der Waals surface area contributed by atoms with Crippen LogP contribution in [-0.2, 0) is 4.79 Å². The third kappa shape index (κ3) is 3.46. The van der Waals surface area contributed by atoms with E-state index in [0.717, 1.165) is 22.3 Å². The van der Waals surface area contributed by atoms with Gasteiger partial charge in [-0.3, -0.25) is 9.59 Å². The van der Waals surface area contributed by atoms with E-state index in [2.05, 4.69) is 16.5 Å². The highest BCUT2D eigenvalue weighted by molar-refractivity contribution is 6.09. The number of anilines is 1. The van der Waals surface area contributed by atoms with Crippen LogP contribution in [0.2, 0.25) is 0 Å². The van der Waals surface area contributed by atoms with Gasteiger partial charge in [-0.25, -0.2) is 8.78 Å². The van der Waals surface area contributed by atoms with E-state index in [1.54, 1.807) is 17.0 Å². The number of amides is 2. The minimum atomic E-state index is -2.67. The zero-order chi connectivity index (χ0) is 21.6. The Labute approximate surface area is 173 Å². The van der Waals surface area contributed by atoms with Gasteiger partial charge in [0.05, 0.1) is 17.1 Å². The van der Waals surface area contributed by atoms with E-state index >= 15 is 0 Å². The number of nitrogens with zero attached hydrogens (tertiary/aromatic N) is 2. The third-order valence-corrected chi connectivity index (χ3v) is 6.07. The Morgan fingerprint density at radius 3 is 2.70 bits per heavy atom. The molecule has 1 fully saturated rings.